The van der Waals surface area contributed by atoms with E-state index < -0.39 is 30.0 Å². The van der Waals surface area contributed by atoms with Crippen LogP contribution >= 0.6 is 0 Å². The molecule has 39 heavy (non-hydrogen) atoms. The van der Waals surface area contributed by atoms with Crippen LogP contribution < -0.4 is 10.2 Å². The fourth-order valence-electron chi connectivity index (χ4n) is 5.14. The molecule has 0 saturated carbocycles. The molecular formula is C29H36N6O4. The highest BCUT2D eigenvalue weighted by Gasteiger charge is 2.43. The summed E-state index contributed by atoms with van der Waals surface area (Å²) < 4.78 is 0. The zero-order valence-corrected chi connectivity index (χ0v) is 22.7. The van der Waals surface area contributed by atoms with E-state index in [0.717, 1.165) is 18.4 Å². The first-order valence-corrected chi connectivity index (χ1v) is 13.3. The Bertz CT molecular complexity index is 1220. The second kappa shape index (κ2) is 11.8. The van der Waals surface area contributed by atoms with Crippen LogP contribution in [0.3, 0.4) is 0 Å². The van der Waals surface area contributed by atoms with Crippen LogP contribution in [0.15, 0.2) is 48.8 Å². The van der Waals surface area contributed by atoms with Crippen molar-refractivity contribution in [2.24, 2.45) is 0 Å². The second-order valence-corrected chi connectivity index (χ2v) is 11.2. The third kappa shape index (κ3) is 6.37. The molecule has 0 spiro atoms. The smallest absolute Gasteiger partial charge is 0.251 e. The van der Waals surface area contributed by atoms with Crippen molar-refractivity contribution in [3.05, 3.63) is 59.9 Å². The van der Waals surface area contributed by atoms with Gasteiger partial charge in [-0.05, 0) is 42.0 Å². The van der Waals surface area contributed by atoms with Crippen molar-refractivity contribution in [2.45, 2.75) is 63.6 Å². The number of β-amino-alcohol motifs (C(OH)–C–C–N with tert-alkyl or cyclic N) is 1. The van der Waals surface area contributed by atoms with Crippen LogP contribution in [0, 0.1) is 11.5 Å². The van der Waals surface area contributed by atoms with Gasteiger partial charge in [0.25, 0.3) is 5.91 Å². The van der Waals surface area contributed by atoms with Crippen LogP contribution in [0.4, 0.5) is 5.69 Å². The molecule has 2 saturated heterocycles. The first-order chi connectivity index (χ1) is 18.6. The van der Waals surface area contributed by atoms with E-state index in [-0.39, 0.29) is 30.8 Å². The van der Waals surface area contributed by atoms with Gasteiger partial charge < -0.3 is 15.3 Å². The normalized spacial score (nSPS) is 19.9. The molecule has 2 aromatic rings. The van der Waals surface area contributed by atoms with Crippen molar-refractivity contribution < 1.29 is 19.5 Å². The summed E-state index contributed by atoms with van der Waals surface area (Å²) in [5, 5.41) is 22.6. The van der Waals surface area contributed by atoms with E-state index in [2.05, 4.69) is 31.1 Å². The molecule has 3 amide bonds. The molecule has 3 atom stereocenters. The minimum Gasteiger partial charge on any atom is -0.391 e. The van der Waals surface area contributed by atoms with Gasteiger partial charge in [-0.25, -0.2) is 0 Å². The zero-order valence-electron chi connectivity index (χ0n) is 22.7. The lowest BCUT2D eigenvalue weighted by atomic mass is 9.87. The molecular weight excluding hydrogens is 496 g/mol. The molecule has 1 aromatic heterocycles. The van der Waals surface area contributed by atoms with Gasteiger partial charge in [-0.3, -0.25) is 29.2 Å². The largest absolute Gasteiger partial charge is 0.391 e. The average molecular weight is 533 g/mol. The maximum atomic E-state index is 14.2. The number of carbonyl (C=O) groups is 3. The van der Waals surface area contributed by atoms with E-state index in [1.807, 2.05) is 18.3 Å². The number of aliphatic hydroxyl groups is 1. The lowest BCUT2D eigenvalue weighted by Gasteiger charge is -2.34. The summed E-state index contributed by atoms with van der Waals surface area (Å²) in [6, 6.07) is 8.68. The number of nitrogens with zero attached hydrogens (tertiary/aromatic N) is 5. The first kappa shape index (κ1) is 28.0. The Labute approximate surface area is 229 Å². The second-order valence-electron chi connectivity index (χ2n) is 11.2. The Morgan fingerprint density at radius 2 is 1.87 bits per heavy atom. The highest BCUT2D eigenvalue weighted by Crippen LogP contribution is 2.33. The summed E-state index contributed by atoms with van der Waals surface area (Å²) >= 11 is 0. The summed E-state index contributed by atoms with van der Waals surface area (Å²) in [6.07, 6.45) is 6.20. The summed E-state index contributed by atoms with van der Waals surface area (Å²) in [7, 11) is 0. The molecule has 2 fully saturated rings. The number of hydrogen-bond donors (Lipinski definition) is 2. The van der Waals surface area contributed by atoms with E-state index in [4.69, 9.17) is 0 Å². The molecule has 0 aliphatic carbocycles. The fourth-order valence-corrected chi connectivity index (χ4v) is 5.14. The maximum Gasteiger partial charge on any atom is 0.251 e. The van der Waals surface area contributed by atoms with E-state index in [1.165, 1.54) is 16.0 Å². The van der Waals surface area contributed by atoms with Crippen LogP contribution in [-0.2, 0) is 19.8 Å². The Hall–Kier alpha value is -3.97. The number of aromatic nitrogens is 1. The van der Waals surface area contributed by atoms with Gasteiger partial charge in [0.15, 0.2) is 6.19 Å². The van der Waals surface area contributed by atoms with Crippen molar-refractivity contribution in [1.82, 2.24) is 20.1 Å². The predicted octanol–water partition coefficient (Wildman–Crippen LogP) is 2.11. The van der Waals surface area contributed by atoms with Crippen LogP contribution in [0.5, 0.6) is 0 Å². The highest BCUT2D eigenvalue weighted by molar-refractivity contribution is 6.04. The Morgan fingerprint density at radius 3 is 2.46 bits per heavy atom. The SMILES string of the molecule is CC(C)(C)c1ccc(N(C(=O)C2CC(O)CN2C#N)C(C(=O)NCC(=O)N2CCCC2)c2cccnc2)cc1. The summed E-state index contributed by atoms with van der Waals surface area (Å²) in [4.78, 5) is 49.2. The third-order valence-corrected chi connectivity index (χ3v) is 7.32. The molecule has 2 aliphatic heterocycles. The van der Waals surface area contributed by atoms with Crippen molar-refractivity contribution >= 4 is 23.4 Å². The molecule has 0 bridgehead atoms. The van der Waals surface area contributed by atoms with E-state index >= 15 is 0 Å². The molecule has 1 aromatic carbocycles. The number of pyridine rings is 1. The number of hydrogen-bond acceptors (Lipinski definition) is 7. The maximum absolute atomic E-state index is 14.2. The number of benzene rings is 1. The van der Waals surface area contributed by atoms with Gasteiger partial charge in [0, 0.05) is 43.2 Å². The molecule has 10 heteroatoms. The number of rotatable bonds is 7. The van der Waals surface area contributed by atoms with Crippen LogP contribution in [0.25, 0.3) is 0 Å². The quantitative estimate of drug-likeness (QED) is 0.523. The van der Waals surface area contributed by atoms with Gasteiger partial charge in [-0.2, -0.15) is 5.26 Å². The Kier molecular flexibility index (Phi) is 8.51. The van der Waals surface area contributed by atoms with Gasteiger partial charge in [0.05, 0.1) is 19.2 Å². The molecule has 2 aliphatic rings. The molecule has 10 nitrogen and oxygen atoms in total. The summed E-state index contributed by atoms with van der Waals surface area (Å²) in [6.45, 7) is 7.43. The summed E-state index contributed by atoms with van der Waals surface area (Å²) in [5.41, 5.74) is 1.84. The van der Waals surface area contributed by atoms with Crippen LogP contribution in [0.1, 0.15) is 57.2 Å². The zero-order chi connectivity index (χ0) is 28.2. The molecule has 206 valence electrons. The number of aliphatic hydroxyl groups excluding tert-OH is 1. The Balaban J connectivity index is 1.73. The van der Waals surface area contributed by atoms with Gasteiger partial charge in [0.2, 0.25) is 11.8 Å². The number of carbonyl (C=O) groups excluding carboxylic acids is 3. The van der Waals surface area contributed by atoms with Gasteiger partial charge in [-0.1, -0.05) is 39.0 Å². The highest BCUT2D eigenvalue weighted by atomic mass is 16.3. The monoisotopic (exact) mass is 532 g/mol. The van der Waals surface area contributed by atoms with Crippen molar-refractivity contribution in [2.75, 3.05) is 31.1 Å². The van der Waals surface area contributed by atoms with Crippen molar-refractivity contribution in [3.63, 3.8) is 0 Å². The number of amides is 3. The minimum absolute atomic E-state index is 0.0395. The lowest BCUT2D eigenvalue weighted by Crippen LogP contribution is -2.51. The van der Waals surface area contributed by atoms with Gasteiger partial charge in [-0.15, -0.1) is 0 Å². The van der Waals surface area contributed by atoms with Crippen molar-refractivity contribution in [3.8, 4) is 6.19 Å². The molecule has 4 rings (SSSR count). The third-order valence-electron chi connectivity index (χ3n) is 7.32. The van der Waals surface area contributed by atoms with Gasteiger partial charge in [0.1, 0.15) is 12.1 Å². The van der Waals surface area contributed by atoms with Crippen LogP contribution in [-0.4, -0.2) is 75.9 Å². The van der Waals surface area contributed by atoms with Gasteiger partial charge >= 0.3 is 0 Å². The predicted molar refractivity (Wildman–Crippen MR) is 145 cm³/mol. The van der Waals surface area contributed by atoms with E-state index in [0.29, 0.717) is 24.3 Å². The fraction of sp³-hybridized carbons (Fsp3) is 0.483. The van der Waals surface area contributed by atoms with E-state index in [1.54, 1.807) is 35.4 Å². The molecule has 3 heterocycles. The first-order valence-electron chi connectivity index (χ1n) is 13.3. The lowest BCUT2D eigenvalue weighted by molar-refractivity contribution is -0.133. The number of likely N-dealkylation sites (tertiary alicyclic amines) is 2. The standard InChI is InChI=1S/C29H36N6O4/c1-29(2,3)21-8-10-22(11-9-21)35(28(39)24-15-23(36)18-34(24)19-30)26(20-7-6-12-31-16-20)27(38)32-17-25(37)33-13-4-5-14-33/h6-12,16,23-24,26,36H,4-5,13-15,17-18H2,1-3H3,(H,32,38). The van der Waals surface area contributed by atoms with E-state index in [9.17, 15) is 24.8 Å². The Morgan fingerprint density at radius 1 is 1.18 bits per heavy atom. The number of anilines is 1. The number of nitriles is 1. The molecule has 2 N–H and O–H groups in total. The van der Waals surface area contributed by atoms with Crippen molar-refractivity contribution in [1.29, 1.82) is 5.26 Å². The minimum atomic E-state index is -1.16. The molecule has 3 unspecified atom stereocenters. The summed E-state index contributed by atoms with van der Waals surface area (Å²) in [5.74, 6) is -1.20. The van der Waals surface area contributed by atoms with Crippen LogP contribution in [0.2, 0.25) is 0 Å². The molecule has 0 radical (unpaired) electrons. The topological polar surface area (TPSA) is 130 Å². The average Bonchev–Trinajstić information content (AvgIpc) is 3.60. The number of nitrogens with one attached hydrogen (secondary N) is 1.